The Kier molecular flexibility index (Phi) is 4.36. The average molecular weight is 291 g/mol. The van der Waals surface area contributed by atoms with Crippen LogP contribution < -0.4 is 10.0 Å². The fourth-order valence-corrected chi connectivity index (χ4v) is 3.33. The smallest absolute Gasteiger partial charge is 0.243 e. The molecule has 0 saturated heterocycles. The quantitative estimate of drug-likeness (QED) is 0.885. The summed E-state index contributed by atoms with van der Waals surface area (Å²) in [5.41, 5.74) is 1.24. The van der Waals surface area contributed by atoms with Gasteiger partial charge >= 0.3 is 0 Å². The lowest BCUT2D eigenvalue weighted by Crippen LogP contribution is -2.28. The van der Waals surface area contributed by atoms with Crippen LogP contribution >= 0.6 is 0 Å². The Balaban J connectivity index is 2.28. The number of rotatable bonds is 5. The molecule has 0 fully saturated rings. The van der Waals surface area contributed by atoms with Crippen molar-refractivity contribution in [1.29, 1.82) is 0 Å². The molecule has 1 heterocycles. The van der Waals surface area contributed by atoms with Gasteiger partial charge in [-0.15, -0.1) is 0 Å². The number of nitrogens with zero attached hydrogens (tertiary/aromatic N) is 1. The van der Waals surface area contributed by atoms with Crippen LogP contribution in [0.5, 0.6) is 0 Å². The molecular formula is C14H17N3O2S. The molecule has 1 unspecified atom stereocenters. The van der Waals surface area contributed by atoms with Crippen LogP contribution in [0.15, 0.2) is 53.6 Å². The summed E-state index contributed by atoms with van der Waals surface area (Å²) in [5, 5.41) is 2.88. The summed E-state index contributed by atoms with van der Waals surface area (Å²) in [7, 11) is -1.91. The van der Waals surface area contributed by atoms with Crippen molar-refractivity contribution in [3.63, 3.8) is 0 Å². The van der Waals surface area contributed by atoms with E-state index in [0.29, 0.717) is 11.4 Å². The summed E-state index contributed by atoms with van der Waals surface area (Å²) < 4.78 is 27.5. The van der Waals surface area contributed by atoms with Gasteiger partial charge in [0.15, 0.2) is 0 Å². The fourth-order valence-electron chi connectivity index (χ4n) is 1.90. The van der Waals surface area contributed by atoms with Crippen molar-refractivity contribution < 1.29 is 8.42 Å². The van der Waals surface area contributed by atoms with Crippen LogP contribution in [0.1, 0.15) is 18.7 Å². The molecule has 2 rings (SSSR count). The number of hydrogen-bond donors (Lipinski definition) is 2. The van der Waals surface area contributed by atoms with Crippen molar-refractivity contribution in [2.24, 2.45) is 0 Å². The molecule has 6 heteroatoms. The summed E-state index contributed by atoms with van der Waals surface area (Å²) in [6, 6.07) is 11.8. The van der Waals surface area contributed by atoms with Crippen molar-refractivity contribution in [3.8, 4) is 0 Å². The predicted molar refractivity (Wildman–Crippen MR) is 79.0 cm³/mol. The van der Waals surface area contributed by atoms with E-state index in [2.05, 4.69) is 15.0 Å². The molecule has 0 aliphatic rings. The summed E-state index contributed by atoms with van der Waals surface area (Å²) >= 11 is 0. The summed E-state index contributed by atoms with van der Waals surface area (Å²) in [6.07, 6.45) is 1.64. The number of sulfonamides is 1. The lowest BCUT2D eigenvalue weighted by Gasteiger charge is -2.15. The molecule has 0 aliphatic heterocycles. The van der Waals surface area contributed by atoms with Gasteiger partial charge in [-0.1, -0.05) is 18.2 Å². The second-order valence-corrected chi connectivity index (χ2v) is 6.03. The predicted octanol–water partition coefficient (Wildman–Crippen LogP) is 2.16. The second-order valence-electron chi connectivity index (χ2n) is 4.34. The van der Waals surface area contributed by atoms with Crippen molar-refractivity contribution in [1.82, 2.24) is 9.71 Å². The van der Waals surface area contributed by atoms with E-state index in [0.717, 1.165) is 0 Å². The van der Waals surface area contributed by atoms with Gasteiger partial charge in [-0.25, -0.2) is 13.1 Å². The van der Waals surface area contributed by atoms with Gasteiger partial charge in [0.05, 0.1) is 17.4 Å². The van der Waals surface area contributed by atoms with E-state index in [9.17, 15) is 8.42 Å². The van der Waals surface area contributed by atoms with E-state index in [-0.39, 0.29) is 4.90 Å². The first kappa shape index (κ1) is 14.5. The van der Waals surface area contributed by atoms with Gasteiger partial charge < -0.3 is 5.32 Å². The van der Waals surface area contributed by atoms with Crippen LogP contribution in [0.2, 0.25) is 0 Å². The number of benzene rings is 1. The molecule has 1 aromatic carbocycles. The highest BCUT2D eigenvalue weighted by molar-refractivity contribution is 7.89. The molecule has 20 heavy (non-hydrogen) atoms. The SMILES string of the molecule is CNc1ccccc1S(=O)(=O)NC(C)c1ccccn1. The van der Waals surface area contributed by atoms with Gasteiger partial charge in [-0.3, -0.25) is 4.98 Å². The van der Waals surface area contributed by atoms with Crippen LogP contribution in [-0.4, -0.2) is 20.4 Å². The van der Waals surface area contributed by atoms with Crippen LogP contribution in [-0.2, 0) is 10.0 Å². The highest BCUT2D eigenvalue weighted by atomic mass is 32.2. The molecule has 1 atom stereocenters. The minimum absolute atomic E-state index is 0.227. The minimum atomic E-state index is -3.60. The molecule has 5 nitrogen and oxygen atoms in total. The molecule has 0 bridgehead atoms. The minimum Gasteiger partial charge on any atom is -0.387 e. The molecule has 1 aromatic heterocycles. The van der Waals surface area contributed by atoms with E-state index in [1.165, 1.54) is 0 Å². The zero-order chi connectivity index (χ0) is 14.6. The van der Waals surface area contributed by atoms with Gasteiger partial charge in [-0.2, -0.15) is 0 Å². The van der Waals surface area contributed by atoms with Crippen molar-refractivity contribution in [2.45, 2.75) is 17.9 Å². The second kappa shape index (κ2) is 6.02. The molecule has 106 valence electrons. The van der Waals surface area contributed by atoms with Crippen LogP contribution in [0.3, 0.4) is 0 Å². The van der Waals surface area contributed by atoms with Crippen molar-refractivity contribution in [2.75, 3.05) is 12.4 Å². The van der Waals surface area contributed by atoms with Crippen molar-refractivity contribution in [3.05, 3.63) is 54.4 Å². The first-order valence-corrected chi connectivity index (χ1v) is 7.73. The fraction of sp³-hybridized carbons (Fsp3) is 0.214. The van der Waals surface area contributed by atoms with E-state index < -0.39 is 16.1 Å². The maximum absolute atomic E-state index is 12.4. The lowest BCUT2D eigenvalue weighted by atomic mass is 10.2. The Morgan fingerprint density at radius 2 is 1.80 bits per heavy atom. The Bertz CT molecular complexity index is 672. The topological polar surface area (TPSA) is 71.1 Å². The molecule has 0 aliphatic carbocycles. The Labute approximate surface area is 119 Å². The van der Waals surface area contributed by atoms with Gasteiger partial charge in [0.2, 0.25) is 10.0 Å². The Hall–Kier alpha value is -1.92. The molecule has 2 N–H and O–H groups in total. The Morgan fingerprint density at radius 1 is 1.10 bits per heavy atom. The summed E-state index contributed by atoms with van der Waals surface area (Å²) in [4.78, 5) is 4.38. The van der Waals surface area contributed by atoms with Gasteiger partial charge in [-0.05, 0) is 31.2 Å². The number of hydrogen-bond acceptors (Lipinski definition) is 4. The van der Waals surface area contributed by atoms with E-state index in [1.54, 1.807) is 56.6 Å². The first-order chi connectivity index (χ1) is 9.54. The van der Waals surface area contributed by atoms with Crippen LogP contribution in [0.4, 0.5) is 5.69 Å². The molecule has 0 radical (unpaired) electrons. The Morgan fingerprint density at radius 3 is 2.45 bits per heavy atom. The molecular weight excluding hydrogens is 274 g/mol. The largest absolute Gasteiger partial charge is 0.387 e. The number of pyridine rings is 1. The lowest BCUT2D eigenvalue weighted by molar-refractivity contribution is 0.564. The zero-order valence-electron chi connectivity index (χ0n) is 11.4. The number of aromatic nitrogens is 1. The average Bonchev–Trinajstić information content (AvgIpc) is 2.47. The third kappa shape index (κ3) is 3.15. The third-order valence-corrected chi connectivity index (χ3v) is 4.51. The van der Waals surface area contributed by atoms with E-state index in [4.69, 9.17) is 0 Å². The zero-order valence-corrected chi connectivity index (χ0v) is 12.2. The van der Waals surface area contributed by atoms with Crippen LogP contribution in [0, 0.1) is 0 Å². The maximum atomic E-state index is 12.4. The van der Waals surface area contributed by atoms with Crippen molar-refractivity contribution >= 4 is 15.7 Å². The van der Waals surface area contributed by atoms with E-state index >= 15 is 0 Å². The summed E-state index contributed by atoms with van der Waals surface area (Å²) in [6.45, 7) is 1.77. The molecule has 0 spiro atoms. The molecule has 0 saturated carbocycles. The van der Waals surface area contributed by atoms with Crippen LogP contribution in [0.25, 0.3) is 0 Å². The van der Waals surface area contributed by atoms with E-state index in [1.807, 2.05) is 6.07 Å². The van der Waals surface area contributed by atoms with Gasteiger partial charge in [0.1, 0.15) is 4.90 Å². The maximum Gasteiger partial charge on any atom is 0.243 e. The highest BCUT2D eigenvalue weighted by Gasteiger charge is 2.21. The standard InChI is InChI=1S/C14H17N3O2S/c1-11(12-7-5-6-10-16-12)17-20(18,19)14-9-4-3-8-13(14)15-2/h3-11,15,17H,1-2H3. The van der Waals surface area contributed by atoms with Gasteiger partial charge in [0, 0.05) is 13.2 Å². The highest BCUT2D eigenvalue weighted by Crippen LogP contribution is 2.22. The number of anilines is 1. The number of para-hydroxylation sites is 1. The number of nitrogens with one attached hydrogen (secondary N) is 2. The first-order valence-electron chi connectivity index (χ1n) is 6.24. The molecule has 2 aromatic rings. The molecule has 0 amide bonds. The summed E-state index contributed by atoms with van der Waals surface area (Å²) in [5.74, 6) is 0. The van der Waals surface area contributed by atoms with Gasteiger partial charge in [0.25, 0.3) is 0 Å². The monoisotopic (exact) mass is 291 g/mol. The third-order valence-electron chi connectivity index (χ3n) is 2.91. The normalized spacial score (nSPS) is 12.9.